The largest absolute Gasteiger partial charge is 0.464 e. The molecule has 0 aliphatic carbocycles. The van der Waals surface area contributed by atoms with Crippen molar-refractivity contribution in [2.24, 2.45) is 0 Å². The van der Waals surface area contributed by atoms with Crippen LogP contribution in [0.2, 0.25) is 5.02 Å². The van der Waals surface area contributed by atoms with Crippen molar-refractivity contribution in [3.63, 3.8) is 0 Å². The highest BCUT2D eigenvalue weighted by atomic mass is 79.9. The zero-order valence-electron chi connectivity index (χ0n) is 7.13. The molecule has 1 rings (SSSR count). The minimum atomic E-state index is -0.501. The lowest BCUT2D eigenvalue weighted by Crippen LogP contribution is -2.04. The summed E-state index contributed by atoms with van der Waals surface area (Å²) in [5.41, 5.74) is 0.959. The molecule has 6 heteroatoms. The Balaban J connectivity index is 3.06. The molecule has 0 saturated carbocycles. The van der Waals surface area contributed by atoms with Crippen LogP contribution in [0, 0.1) is 0 Å². The average Bonchev–Trinajstić information content (AvgIpc) is 2.15. The van der Waals surface area contributed by atoms with Gasteiger partial charge in [-0.05, 0) is 6.07 Å². The fraction of sp³-hybridized carbons (Fsp3) is 0.250. The number of methoxy groups -OCH3 is 1. The van der Waals surface area contributed by atoms with Crippen LogP contribution >= 0.6 is 43.5 Å². The number of esters is 1. The first-order chi connectivity index (χ1) is 6.56. The summed E-state index contributed by atoms with van der Waals surface area (Å²) in [5, 5.41) is 0.458. The smallest absolute Gasteiger partial charge is 0.356 e. The number of alkyl halides is 2. The van der Waals surface area contributed by atoms with Gasteiger partial charge in [-0.1, -0.05) is 43.5 Å². The van der Waals surface area contributed by atoms with E-state index in [9.17, 15) is 4.79 Å². The molecule has 0 aromatic carbocycles. The lowest BCUT2D eigenvalue weighted by atomic mass is 10.3. The molecule has 1 aromatic rings. The van der Waals surface area contributed by atoms with Gasteiger partial charge in [0.15, 0.2) is 0 Å². The topological polar surface area (TPSA) is 39.2 Å². The van der Waals surface area contributed by atoms with E-state index in [0.29, 0.717) is 5.02 Å². The first-order valence-corrected chi connectivity index (χ1v) is 5.79. The minimum absolute atomic E-state index is 0.0818. The van der Waals surface area contributed by atoms with E-state index in [2.05, 4.69) is 41.6 Å². The Bertz CT molecular complexity index is 357. The first kappa shape index (κ1) is 11.9. The van der Waals surface area contributed by atoms with Crippen LogP contribution in [0.25, 0.3) is 0 Å². The Labute approximate surface area is 103 Å². The predicted molar refractivity (Wildman–Crippen MR) is 61.2 cm³/mol. The van der Waals surface area contributed by atoms with Gasteiger partial charge >= 0.3 is 5.97 Å². The van der Waals surface area contributed by atoms with E-state index in [1.54, 1.807) is 0 Å². The second-order valence-electron chi connectivity index (χ2n) is 2.38. The van der Waals surface area contributed by atoms with Crippen molar-refractivity contribution in [3.05, 3.63) is 28.5 Å². The molecule has 0 amide bonds. The Hall–Kier alpha value is -0.130. The predicted octanol–water partition coefficient (Wildman–Crippen LogP) is 3.31. The summed E-state index contributed by atoms with van der Waals surface area (Å²) in [6.07, 6.45) is 1.52. The van der Waals surface area contributed by atoms with Gasteiger partial charge in [-0.2, -0.15) is 0 Å². The van der Waals surface area contributed by atoms with Crippen molar-refractivity contribution in [3.8, 4) is 0 Å². The summed E-state index contributed by atoms with van der Waals surface area (Å²) in [6.45, 7) is 0. The van der Waals surface area contributed by atoms with Crippen LogP contribution in [0.3, 0.4) is 0 Å². The van der Waals surface area contributed by atoms with Crippen LogP contribution < -0.4 is 0 Å². The van der Waals surface area contributed by atoms with Gasteiger partial charge < -0.3 is 4.74 Å². The number of nitrogens with zero attached hydrogens (tertiary/aromatic N) is 1. The zero-order chi connectivity index (χ0) is 10.7. The third-order valence-electron chi connectivity index (χ3n) is 1.51. The van der Waals surface area contributed by atoms with Crippen molar-refractivity contribution >= 4 is 49.4 Å². The zero-order valence-corrected chi connectivity index (χ0v) is 11.1. The van der Waals surface area contributed by atoms with Crippen molar-refractivity contribution in [2.45, 2.75) is 3.74 Å². The highest BCUT2D eigenvalue weighted by Gasteiger charge is 2.13. The van der Waals surface area contributed by atoms with Crippen LogP contribution in [-0.4, -0.2) is 18.1 Å². The first-order valence-electron chi connectivity index (χ1n) is 3.58. The molecule has 3 nitrogen and oxygen atoms in total. The minimum Gasteiger partial charge on any atom is -0.464 e. The van der Waals surface area contributed by atoms with E-state index >= 15 is 0 Å². The van der Waals surface area contributed by atoms with Gasteiger partial charge in [0.1, 0.15) is 5.69 Å². The highest BCUT2D eigenvalue weighted by Crippen LogP contribution is 2.33. The van der Waals surface area contributed by atoms with Crippen LogP contribution in [0.4, 0.5) is 0 Å². The van der Waals surface area contributed by atoms with E-state index in [1.807, 2.05) is 0 Å². The number of ether oxygens (including phenoxy) is 1. The van der Waals surface area contributed by atoms with Gasteiger partial charge in [-0.25, -0.2) is 9.78 Å². The van der Waals surface area contributed by atoms with Gasteiger partial charge in [-0.3, -0.25) is 0 Å². The summed E-state index contributed by atoms with van der Waals surface area (Å²) in [7, 11) is 1.30. The van der Waals surface area contributed by atoms with E-state index in [0.717, 1.165) is 5.56 Å². The number of hydrogen-bond acceptors (Lipinski definition) is 3. The summed E-state index contributed by atoms with van der Waals surface area (Å²) in [5.74, 6) is -0.501. The molecule has 76 valence electrons. The Morgan fingerprint density at radius 1 is 1.64 bits per heavy atom. The summed E-state index contributed by atoms with van der Waals surface area (Å²) in [6, 6.07) is 1.47. The molecule has 0 fully saturated rings. The fourth-order valence-electron chi connectivity index (χ4n) is 0.818. The maximum absolute atomic E-state index is 11.1. The van der Waals surface area contributed by atoms with Crippen molar-refractivity contribution in [2.75, 3.05) is 7.11 Å². The Kier molecular flexibility index (Phi) is 4.34. The molecule has 1 heterocycles. The van der Waals surface area contributed by atoms with Gasteiger partial charge in [0.25, 0.3) is 0 Å². The quantitative estimate of drug-likeness (QED) is 0.611. The van der Waals surface area contributed by atoms with E-state index in [4.69, 9.17) is 11.6 Å². The van der Waals surface area contributed by atoms with Crippen LogP contribution in [-0.2, 0) is 4.74 Å². The van der Waals surface area contributed by atoms with Gasteiger partial charge in [0.05, 0.1) is 10.8 Å². The van der Waals surface area contributed by atoms with Gasteiger partial charge in [-0.15, -0.1) is 0 Å². The molecule has 14 heavy (non-hydrogen) atoms. The molecular formula is C8H6Br2ClNO2. The number of halogens is 3. The van der Waals surface area contributed by atoms with Crippen LogP contribution in [0.1, 0.15) is 19.8 Å². The molecular weight excluding hydrogens is 337 g/mol. The average molecular weight is 343 g/mol. The number of rotatable bonds is 2. The highest BCUT2D eigenvalue weighted by molar-refractivity contribution is 9.24. The normalized spacial score (nSPS) is 10.4. The number of hydrogen-bond donors (Lipinski definition) is 0. The van der Waals surface area contributed by atoms with E-state index in [1.165, 1.54) is 19.4 Å². The van der Waals surface area contributed by atoms with Gasteiger partial charge in [0.2, 0.25) is 0 Å². The number of pyridine rings is 1. The van der Waals surface area contributed by atoms with Crippen molar-refractivity contribution in [1.29, 1.82) is 0 Å². The van der Waals surface area contributed by atoms with E-state index in [-0.39, 0.29) is 9.43 Å². The second-order valence-corrected chi connectivity index (χ2v) is 5.85. The lowest BCUT2D eigenvalue weighted by Gasteiger charge is -2.05. The molecule has 0 unspecified atom stereocenters. The molecule has 1 aromatic heterocycles. The second kappa shape index (κ2) is 5.09. The van der Waals surface area contributed by atoms with Crippen LogP contribution in [0.15, 0.2) is 12.3 Å². The molecule has 0 N–H and O–H groups in total. The number of aromatic nitrogens is 1. The SMILES string of the molecule is COC(=O)c1cc(Cl)c(C(Br)Br)cn1. The summed E-state index contributed by atoms with van der Waals surface area (Å²) < 4.78 is 4.43. The maximum Gasteiger partial charge on any atom is 0.356 e. The van der Waals surface area contributed by atoms with Crippen molar-refractivity contribution < 1.29 is 9.53 Å². The molecule has 0 atom stereocenters. The lowest BCUT2D eigenvalue weighted by molar-refractivity contribution is 0.0594. The number of carbonyl (C=O) groups is 1. The van der Waals surface area contributed by atoms with E-state index < -0.39 is 5.97 Å². The molecule has 0 radical (unpaired) electrons. The Morgan fingerprint density at radius 2 is 2.29 bits per heavy atom. The standard InChI is InChI=1S/C8H6Br2ClNO2/c1-14-8(13)6-2-5(11)4(3-12-6)7(9)10/h2-3,7H,1H3. The summed E-state index contributed by atoms with van der Waals surface area (Å²) >= 11 is 12.5. The number of carbonyl (C=O) groups excluding carboxylic acids is 1. The van der Waals surface area contributed by atoms with Crippen LogP contribution in [0.5, 0.6) is 0 Å². The monoisotopic (exact) mass is 341 g/mol. The van der Waals surface area contributed by atoms with Crippen molar-refractivity contribution in [1.82, 2.24) is 4.98 Å². The maximum atomic E-state index is 11.1. The molecule has 0 spiro atoms. The molecule has 0 bridgehead atoms. The molecule has 0 aliphatic heterocycles. The molecule has 0 aliphatic rings. The van der Waals surface area contributed by atoms with Gasteiger partial charge in [0, 0.05) is 16.8 Å². The Morgan fingerprint density at radius 3 is 2.71 bits per heavy atom. The fourth-order valence-corrected chi connectivity index (χ4v) is 2.07. The third kappa shape index (κ3) is 2.68. The summed E-state index contributed by atoms with van der Waals surface area (Å²) in [4.78, 5) is 15.0. The molecule has 0 saturated heterocycles. The third-order valence-corrected chi connectivity index (χ3v) is 2.83.